The van der Waals surface area contributed by atoms with Crippen LogP contribution in [0.5, 0.6) is 0 Å². The minimum absolute atomic E-state index is 1.26. The van der Waals surface area contributed by atoms with Crippen LogP contribution >= 0.6 is 11.3 Å². The molecule has 0 spiro atoms. The van der Waals surface area contributed by atoms with Gasteiger partial charge in [-0.2, -0.15) is 0 Å². The van der Waals surface area contributed by atoms with Crippen molar-refractivity contribution in [1.29, 1.82) is 0 Å². The molecule has 0 aliphatic rings. The summed E-state index contributed by atoms with van der Waals surface area (Å²) in [6.07, 6.45) is 0. The van der Waals surface area contributed by atoms with Crippen LogP contribution in [0.15, 0.2) is 84.9 Å². The van der Waals surface area contributed by atoms with Crippen LogP contribution in [-0.2, 0) is 7.05 Å². The first-order valence-electron chi connectivity index (χ1n) is 9.18. The van der Waals surface area contributed by atoms with Gasteiger partial charge in [0.1, 0.15) is 0 Å². The molecule has 0 amide bonds. The molecule has 0 N–H and O–H groups in total. The van der Waals surface area contributed by atoms with Gasteiger partial charge in [-0.1, -0.05) is 54.6 Å². The molecule has 6 rings (SSSR count). The lowest BCUT2D eigenvalue weighted by Gasteiger charge is -2.02. The van der Waals surface area contributed by atoms with Crippen molar-refractivity contribution in [3.63, 3.8) is 0 Å². The lowest BCUT2D eigenvalue weighted by atomic mass is 10.0. The molecule has 1 nitrogen and oxygen atoms in total. The van der Waals surface area contributed by atoms with Gasteiger partial charge < -0.3 is 4.57 Å². The maximum absolute atomic E-state index is 2.38. The van der Waals surface area contributed by atoms with Crippen LogP contribution in [0.4, 0.5) is 0 Å². The maximum Gasteiger partial charge on any atom is 0.0495 e. The van der Waals surface area contributed by atoms with Gasteiger partial charge in [-0.05, 0) is 41.5 Å². The molecule has 27 heavy (non-hydrogen) atoms. The van der Waals surface area contributed by atoms with Crippen LogP contribution in [0.3, 0.4) is 0 Å². The highest BCUT2D eigenvalue weighted by atomic mass is 32.1. The minimum atomic E-state index is 1.26. The van der Waals surface area contributed by atoms with Gasteiger partial charge in [0.2, 0.25) is 0 Å². The molecule has 2 heterocycles. The highest BCUT2D eigenvalue weighted by Gasteiger charge is 2.13. The Morgan fingerprint density at radius 3 is 2.22 bits per heavy atom. The van der Waals surface area contributed by atoms with Gasteiger partial charge in [-0.25, -0.2) is 0 Å². The Balaban J connectivity index is 1.72. The largest absolute Gasteiger partial charge is 0.344 e. The minimum Gasteiger partial charge on any atom is -0.344 e. The van der Waals surface area contributed by atoms with E-state index in [1.807, 2.05) is 11.3 Å². The number of rotatable bonds is 1. The number of aromatic nitrogens is 1. The summed E-state index contributed by atoms with van der Waals surface area (Å²) in [6.45, 7) is 0. The van der Waals surface area contributed by atoms with E-state index in [4.69, 9.17) is 0 Å². The van der Waals surface area contributed by atoms with Crippen molar-refractivity contribution in [2.75, 3.05) is 0 Å². The zero-order valence-electron chi connectivity index (χ0n) is 14.9. The van der Waals surface area contributed by atoms with Crippen molar-refractivity contribution < 1.29 is 0 Å². The SMILES string of the molecule is Cn1c2ccc(-c3ccccc3)cc2c2cc3sc4ccccc4c3cc21. The van der Waals surface area contributed by atoms with E-state index in [0.717, 1.165) is 0 Å². The van der Waals surface area contributed by atoms with Crippen LogP contribution in [0.25, 0.3) is 53.1 Å². The third-order valence-corrected chi connectivity index (χ3v) is 6.75. The molecule has 4 aromatic carbocycles. The van der Waals surface area contributed by atoms with Crippen LogP contribution in [0, 0.1) is 0 Å². The molecular weight excluding hydrogens is 346 g/mol. The van der Waals surface area contributed by atoms with Crippen LogP contribution < -0.4 is 0 Å². The van der Waals surface area contributed by atoms with Crippen LogP contribution in [0.2, 0.25) is 0 Å². The molecule has 0 bridgehead atoms. The Bertz CT molecular complexity index is 1470. The summed E-state index contributed by atoms with van der Waals surface area (Å²) in [7, 11) is 2.17. The van der Waals surface area contributed by atoms with Crippen molar-refractivity contribution >= 4 is 53.3 Å². The second-order valence-electron chi connectivity index (χ2n) is 7.12. The fourth-order valence-electron chi connectivity index (χ4n) is 4.24. The van der Waals surface area contributed by atoms with Crippen LogP contribution in [0.1, 0.15) is 0 Å². The zero-order chi connectivity index (χ0) is 18.0. The van der Waals surface area contributed by atoms with E-state index in [9.17, 15) is 0 Å². The topological polar surface area (TPSA) is 4.93 Å². The van der Waals surface area contributed by atoms with E-state index in [1.54, 1.807) is 0 Å². The van der Waals surface area contributed by atoms with Crippen molar-refractivity contribution in [2.24, 2.45) is 7.05 Å². The Labute approximate surface area is 161 Å². The lowest BCUT2D eigenvalue weighted by molar-refractivity contribution is 1.02. The number of fused-ring (bicyclic) bond motifs is 6. The summed E-state index contributed by atoms with van der Waals surface area (Å²) in [5.74, 6) is 0. The predicted octanol–water partition coefficient (Wildman–Crippen LogP) is 7.37. The highest BCUT2D eigenvalue weighted by molar-refractivity contribution is 7.25. The fourth-order valence-corrected chi connectivity index (χ4v) is 5.36. The molecule has 2 aromatic heterocycles. The van der Waals surface area contributed by atoms with Gasteiger partial charge in [-0.3, -0.25) is 0 Å². The molecule has 6 aromatic rings. The zero-order valence-corrected chi connectivity index (χ0v) is 15.8. The molecule has 2 heteroatoms. The third kappa shape index (κ3) is 2.11. The number of aryl methyl sites for hydroxylation is 1. The molecule has 0 aliphatic carbocycles. The molecule has 0 saturated heterocycles. The Hall–Kier alpha value is -3.10. The summed E-state index contributed by atoms with van der Waals surface area (Å²) >= 11 is 1.89. The molecule has 0 aliphatic heterocycles. The fraction of sp³-hybridized carbons (Fsp3) is 0.0400. The quantitative estimate of drug-likeness (QED) is 0.287. The van der Waals surface area contributed by atoms with Crippen molar-refractivity contribution in [3.8, 4) is 11.1 Å². The molecule has 0 radical (unpaired) electrons. The Morgan fingerprint density at radius 1 is 0.556 bits per heavy atom. The maximum atomic E-state index is 2.38. The number of benzene rings is 4. The van der Waals surface area contributed by atoms with Crippen LogP contribution in [-0.4, -0.2) is 4.57 Å². The second-order valence-corrected chi connectivity index (χ2v) is 8.20. The average Bonchev–Trinajstić information content (AvgIpc) is 3.22. The van der Waals surface area contributed by atoms with E-state index >= 15 is 0 Å². The molecule has 128 valence electrons. The standard InChI is InChI=1S/C25H17NS/c1-26-22-12-11-17(16-7-3-2-4-8-16)13-19(22)20-15-25-21(14-23(20)26)18-9-5-6-10-24(18)27-25/h2-15H,1H3. The van der Waals surface area contributed by atoms with Gasteiger partial charge in [0.25, 0.3) is 0 Å². The van der Waals surface area contributed by atoms with Gasteiger partial charge in [0, 0.05) is 49.0 Å². The molecule has 0 atom stereocenters. The lowest BCUT2D eigenvalue weighted by Crippen LogP contribution is -1.86. The van der Waals surface area contributed by atoms with Crippen molar-refractivity contribution in [3.05, 3.63) is 84.9 Å². The summed E-state index contributed by atoms with van der Waals surface area (Å²) in [6, 6.07) is 30.9. The summed E-state index contributed by atoms with van der Waals surface area (Å²) in [4.78, 5) is 0. The first kappa shape index (κ1) is 15.0. The summed E-state index contributed by atoms with van der Waals surface area (Å²) in [5.41, 5.74) is 5.12. The first-order valence-corrected chi connectivity index (χ1v) is 10.00. The number of thiophene rings is 1. The van der Waals surface area contributed by atoms with Crippen molar-refractivity contribution in [2.45, 2.75) is 0 Å². The Kier molecular flexibility index (Phi) is 3.03. The van der Waals surface area contributed by atoms with Gasteiger partial charge >= 0.3 is 0 Å². The normalized spacial score (nSPS) is 11.9. The van der Waals surface area contributed by atoms with E-state index in [2.05, 4.69) is 96.5 Å². The predicted molar refractivity (Wildman–Crippen MR) is 119 cm³/mol. The number of nitrogens with zero attached hydrogens (tertiary/aromatic N) is 1. The molecule has 0 fully saturated rings. The molecular formula is C25H17NS. The number of hydrogen-bond donors (Lipinski definition) is 0. The van der Waals surface area contributed by atoms with E-state index in [-0.39, 0.29) is 0 Å². The van der Waals surface area contributed by atoms with E-state index < -0.39 is 0 Å². The van der Waals surface area contributed by atoms with Crippen molar-refractivity contribution in [1.82, 2.24) is 4.57 Å². The van der Waals surface area contributed by atoms with E-state index in [0.29, 0.717) is 0 Å². The highest BCUT2D eigenvalue weighted by Crippen LogP contribution is 2.39. The molecule has 0 saturated carbocycles. The summed E-state index contributed by atoms with van der Waals surface area (Å²) < 4.78 is 5.05. The first-order chi connectivity index (χ1) is 13.3. The number of hydrogen-bond acceptors (Lipinski definition) is 1. The average molecular weight is 363 g/mol. The van der Waals surface area contributed by atoms with Gasteiger partial charge in [-0.15, -0.1) is 11.3 Å². The second kappa shape index (κ2) is 5.45. The molecule has 0 unspecified atom stereocenters. The summed E-state index contributed by atoms with van der Waals surface area (Å²) in [5, 5.41) is 5.38. The Morgan fingerprint density at radius 2 is 1.33 bits per heavy atom. The van der Waals surface area contributed by atoms with Gasteiger partial charge in [0.05, 0.1) is 0 Å². The smallest absolute Gasteiger partial charge is 0.0495 e. The monoisotopic (exact) mass is 363 g/mol. The van der Waals surface area contributed by atoms with Gasteiger partial charge in [0.15, 0.2) is 0 Å². The third-order valence-electron chi connectivity index (χ3n) is 5.61. The van der Waals surface area contributed by atoms with E-state index in [1.165, 1.54) is 53.1 Å².